The van der Waals surface area contributed by atoms with E-state index in [1.54, 1.807) is 24.4 Å². The van der Waals surface area contributed by atoms with Crippen LogP contribution in [0.15, 0.2) is 30.5 Å². The molecular formula is C12H12FN3O. The molecule has 0 aliphatic heterocycles. The van der Waals surface area contributed by atoms with Crippen molar-refractivity contribution in [1.82, 2.24) is 9.97 Å². The third-order valence-corrected chi connectivity index (χ3v) is 2.20. The fourth-order valence-corrected chi connectivity index (χ4v) is 1.38. The van der Waals surface area contributed by atoms with E-state index in [0.717, 1.165) is 5.69 Å². The van der Waals surface area contributed by atoms with E-state index in [2.05, 4.69) is 15.3 Å². The molecule has 0 aliphatic carbocycles. The number of hydrogen-bond donors (Lipinski definition) is 1. The van der Waals surface area contributed by atoms with Crippen LogP contribution in [0.2, 0.25) is 0 Å². The molecule has 2 aromatic rings. The minimum Gasteiger partial charge on any atom is -0.494 e. The molecule has 4 nitrogen and oxygen atoms in total. The minimum atomic E-state index is -0.400. The molecule has 5 heteroatoms. The zero-order chi connectivity index (χ0) is 12.3. The lowest BCUT2D eigenvalue weighted by atomic mass is 10.3. The fraction of sp³-hybridized carbons (Fsp3) is 0.167. The monoisotopic (exact) mass is 233 g/mol. The Hall–Kier alpha value is -2.17. The second-order valence-corrected chi connectivity index (χ2v) is 3.50. The fourth-order valence-electron chi connectivity index (χ4n) is 1.38. The van der Waals surface area contributed by atoms with Gasteiger partial charge in [-0.2, -0.15) is 0 Å². The molecule has 0 fully saturated rings. The maximum Gasteiger partial charge on any atom is 0.227 e. The van der Waals surface area contributed by atoms with Crippen molar-refractivity contribution in [1.29, 1.82) is 0 Å². The Morgan fingerprint density at radius 3 is 2.82 bits per heavy atom. The van der Waals surface area contributed by atoms with Gasteiger partial charge >= 0.3 is 0 Å². The van der Waals surface area contributed by atoms with Gasteiger partial charge in [-0.05, 0) is 25.1 Å². The first kappa shape index (κ1) is 11.3. The summed E-state index contributed by atoms with van der Waals surface area (Å²) in [7, 11) is 1.42. The van der Waals surface area contributed by atoms with Gasteiger partial charge in [0.15, 0.2) is 11.6 Å². The van der Waals surface area contributed by atoms with Crippen molar-refractivity contribution >= 4 is 11.6 Å². The Labute approximate surface area is 98.5 Å². The van der Waals surface area contributed by atoms with E-state index in [-0.39, 0.29) is 5.75 Å². The van der Waals surface area contributed by atoms with Crippen LogP contribution in [0.5, 0.6) is 5.75 Å². The van der Waals surface area contributed by atoms with Crippen LogP contribution in [0.1, 0.15) is 5.69 Å². The maximum absolute atomic E-state index is 13.2. The first-order valence-corrected chi connectivity index (χ1v) is 5.09. The summed E-state index contributed by atoms with van der Waals surface area (Å²) in [4.78, 5) is 8.25. The van der Waals surface area contributed by atoms with Crippen LogP contribution in [0.25, 0.3) is 0 Å². The summed E-state index contributed by atoms with van der Waals surface area (Å²) in [5.74, 6) is 0.254. The van der Waals surface area contributed by atoms with Crippen molar-refractivity contribution in [3.8, 4) is 5.75 Å². The van der Waals surface area contributed by atoms with E-state index >= 15 is 0 Å². The summed E-state index contributed by atoms with van der Waals surface area (Å²) in [5.41, 5.74) is 1.53. The molecule has 0 spiro atoms. The second-order valence-electron chi connectivity index (χ2n) is 3.50. The van der Waals surface area contributed by atoms with Crippen LogP contribution in [-0.2, 0) is 0 Å². The number of aromatic nitrogens is 2. The van der Waals surface area contributed by atoms with Gasteiger partial charge in [0.05, 0.1) is 7.11 Å². The van der Waals surface area contributed by atoms with Crippen LogP contribution in [0.4, 0.5) is 16.0 Å². The molecule has 0 atom stereocenters. The summed E-state index contributed by atoms with van der Waals surface area (Å²) in [6.07, 6.45) is 1.66. The zero-order valence-corrected chi connectivity index (χ0v) is 9.57. The largest absolute Gasteiger partial charge is 0.494 e. The molecule has 1 aromatic heterocycles. The Bertz CT molecular complexity index is 531. The lowest BCUT2D eigenvalue weighted by Gasteiger charge is -2.07. The first-order chi connectivity index (χ1) is 8.19. The highest BCUT2D eigenvalue weighted by atomic mass is 19.1. The number of aryl methyl sites for hydroxylation is 1. The van der Waals surface area contributed by atoms with Gasteiger partial charge in [-0.15, -0.1) is 0 Å². The van der Waals surface area contributed by atoms with Crippen molar-refractivity contribution < 1.29 is 9.13 Å². The Morgan fingerprint density at radius 2 is 2.12 bits per heavy atom. The number of rotatable bonds is 3. The standard InChI is InChI=1S/C12H12FN3O/c1-8-5-6-14-12(15-8)16-9-3-4-10(13)11(7-9)17-2/h3-7H,1-2H3,(H,14,15,16). The molecule has 1 heterocycles. The van der Waals surface area contributed by atoms with E-state index in [0.29, 0.717) is 11.6 Å². The summed E-state index contributed by atoms with van der Waals surface area (Å²) in [5, 5.41) is 2.98. The first-order valence-electron chi connectivity index (χ1n) is 5.09. The molecule has 88 valence electrons. The molecule has 17 heavy (non-hydrogen) atoms. The number of anilines is 2. The Balaban J connectivity index is 2.24. The van der Waals surface area contributed by atoms with Gasteiger partial charge in [0.2, 0.25) is 5.95 Å². The number of methoxy groups -OCH3 is 1. The topological polar surface area (TPSA) is 47.0 Å². The van der Waals surface area contributed by atoms with Crippen molar-refractivity contribution in [2.45, 2.75) is 6.92 Å². The van der Waals surface area contributed by atoms with Crippen LogP contribution in [-0.4, -0.2) is 17.1 Å². The molecule has 2 rings (SSSR count). The van der Waals surface area contributed by atoms with E-state index < -0.39 is 5.82 Å². The molecule has 1 N–H and O–H groups in total. The average molecular weight is 233 g/mol. The minimum absolute atomic E-state index is 0.183. The number of nitrogens with zero attached hydrogens (tertiary/aromatic N) is 2. The summed E-state index contributed by atoms with van der Waals surface area (Å²) in [6, 6.07) is 6.29. The van der Waals surface area contributed by atoms with Gasteiger partial charge in [0.1, 0.15) is 0 Å². The third-order valence-electron chi connectivity index (χ3n) is 2.20. The Kier molecular flexibility index (Phi) is 3.18. The van der Waals surface area contributed by atoms with E-state index in [1.165, 1.54) is 13.2 Å². The molecule has 1 aromatic carbocycles. The highest BCUT2D eigenvalue weighted by Crippen LogP contribution is 2.22. The normalized spacial score (nSPS) is 10.1. The molecule has 0 saturated heterocycles. The van der Waals surface area contributed by atoms with E-state index in [4.69, 9.17) is 4.74 Å². The van der Waals surface area contributed by atoms with Crippen molar-refractivity contribution in [2.24, 2.45) is 0 Å². The molecule has 0 radical (unpaired) electrons. The number of hydrogen-bond acceptors (Lipinski definition) is 4. The van der Waals surface area contributed by atoms with Gasteiger partial charge in [0, 0.05) is 23.6 Å². The lowest BCUT2D eigenvalue weighted by molar-refractivity contribution is 0.387. The third kappa shape index (κ3) is 2.69. The van der Waals surface area contributed by atoms with Gasteiger partial charge < -0.3 is 10.1 Å². The molecular weight excluding hydrogens is 221 g/mol. The van der Waals surface area contributed by atoms with Crippen molar-refractivity contribution in [3.63, 3.8) is 0 Å². The van der Waals surface area contributed by atoms with Gasteiger partial charge in [-0.1, -0.05) is 0 Å². The van der Waals surface area contributed by atoms with E-state index in [1.807, 2.05) is 6.92 Å². The highest BCUT2D eigenvalue weighted by Gasteiger charge is 2.04. The lowest BCUT2D eigenvalue weighted by Crippen LogP contribution is -1.98. The molecule has 0 amide bonds. The Morgan fingerprint density at radius 1 is 1.29 bits per heavy atom. The summed E-state index contributed by atoms with van der Waals surface area (Å²) < 4.78 is 18.1. The zero-order valence-electron chi connectivity index (χ0n) is 9.57. The molecule has 0 saturated carbocycles. The van der Waals surface area contributed by atoms with Crippen LogP contribution < -0.4 is 10.1 Å². The second kappa shape index (κ2) is 4.78. The van der Waals surface area contributed by atoms with Crippen LogP contribution >= 0.6 is 0 Å². The van der Waals surface area contributed by atoms with Crippen LogP contribution in [0.3, 0.4) is 0 Å². The number of halogens is 1. The van der Waals surface area contributed by atoms with Crippen LogP contribution in [0, 0.1) is 12.7 Å². The highest BCUT2D eigenvalue weighted by molar-refractivity contribution is 5.56. The SMILES string of the molecule is COc1cc(Nc2nccc(C)n2)ccc1F. The average Bonchev–Trinajstić information content (AvgIpc) is 2.32. The predicted molar refractivity (Wildman–Crippen MR) is 63.0 cm³/mol. The summed E-state index contributed by atoms with van der Waals surface area (Å²) >= 11 is 0. The number of nitrogens with one attached hydrogen (secondary N) is 1. The molecule has 0 bridgehead atoms. The van der Waals surface area contributed by atoms with Gasteiger partial charge in [0.25, 0.3) is 0 Å². The van der Waals surface area contributed by atoms with Crippen molar-refractivity contribution in [3.05, 3.63) is 42.0 Å². The number of ether oxygens (including phenoxy) is 1. The van der Waals surface area contributed by atoms with E-state index in [9.17, 15) is 4.39 Å². The summed E-state index contributed by atoms with van der Waals surface area (Å²) in [6.45, 7) is 1.87. The molecule has 0 aliphatic rings. The van der Waals surface area contributed by atoms with Gasteiger partial charge in [-0.3, -0.25) is 0 Å². The van der Waals surface area contributed by atoms with Gasteiger partial charge in [-0.25, -0.2) is 14.4 Å². The maximum atomic E-state index is 13.2. The quantitative estimate of drug-likeness (QED) is 0.885. The van der Waals surface area contributed by atoms with Crippen molar-refractivity contribution in [2.75, 3.05) is 12.4 Å². The predicted octanol–water partition coefficient (Wildman–Crippen LogP) is 2.68. The number of benzene rings is 1. The smallest absolute Gasteiger partial charge is 0.227 e. The molecule has 0 unspecified atom stereocenters.